The minimum Gasteiger partial charge on any atom is -0.497 e. The van der Waals surface area contributed by atoms with Crippen LogP contribution in [0.5, 0.6) is 11.5 Å². The fourth-order valence-corrected chi connectivity index (χ4v) is 4.39. The highest BCUT2D eigenvalue weighted by atomic mass is 16.5. The van der Waals surface area contributed by atoms with Gasteiger partial charge in [0.1, 0.15) is 11.5 Å². The number of methoxy groups -OCH3 is 2. The molecule has 0 saturated carbocycles. The van der Waals surface area contributed by atoms with E-state index in [1.807, 2.05) is 41.8 Å². The second-order valence-corrected chi connectivity index (χ2v) is 8.10. The number of piperidine rings is 1. The van der Waals surface area contributed by atoms with Crippen LogP contribution in [-0.2, 0) is 9.59 Å². The van der Waals surface area contributed by atoms with Crippen molar-refractivity contribution in [3.8, 4) is 11.5 Å². The maximum atomic E-state index is 13.4. The predicted octanol–water partition coefficient (Wildman–Crippen LogP) is 2.91. The third-order valence-corrected chi connectivity index (χ3v) is 5.95. The number of rotatable bonds is 5. The summed E-state index contributed by atoms with van der Waals surface area (Å²) in [6.07, 6.45) is 3.29. The van der Waals surface area contributed by atoms with E-state index in [0.29, 0.717) is 13.1 Å². The zero-order chi connectivity index (χ0) is 20.3. The van der Waals surface area contributed by atoms with Crippen molar-refractivity contribution in [2.45, 2.75) is 39.0 Å². The van der Waals surface area contributed by atoms with Crippen LogP contribution >= 0.6 is 0 Å². The van der Waals surface area contributed by atoms with Gasteiger partial charge in [0.05, 0.1) is 20.1 Å². The summed E-state index contributed by atoms with van der Waals surface area (Å²) < 4.78 is 11.0. The lowest BCUT2D eigenvalue weighted by Crippen LogP contribution is -2.42. The molecule has 1 aromatic carbocycles. The molecule has 0 bridgehead atoms. The second kappa shape index (κ2) is 8.84. The first-order valence-corrected chi connectivity index (χ1v) is 10.3. The van der Waals surface area contributed by atoms with Crippen LogP contribution in [0.25, 0.3) is 0 Å². The Labute approximate surface area is 167 Å². The number of carbonyl (C=O) groups is 2. The number of carbonyl (C=O) groups excluding carboxylic acids is 2. The van der Waals surface area contributed by atoms with E-state index in [4.69, 9.17) is 9.47 Å². The topological polar surface area (TPSA) is 59.1 Å². The highest BCUT2D eigenvalue weighted by Gasteiger charge is 2.43. The first kappa shape index (κ1) is 20.5. The largest absolute Gasteiger partial charge is 0.497 e. The van der Waals surface area contributed by atoms with Gasteiger partial charge in [-0.1, -0.05) is 13.8 Å². The smallest absolute Gasteiger partial charge is 0.228 e. The van der Waals surface area contributed by atoms with Crippen LogP contribution in [0, 0.1) is 11.8 Å². The summed E-state index contributed by atoms with van der Waals surface area (Å²) in [6.45, 7) is 6.44. The number of nitrogens with zero attached hydrogens (tertiary/aromatic N) is 2. The van der Waals surface area contributed by atoms with E-state index in [9.17, 15) is 9.59 Å². The molecule has 154 valence electrons. The van der Waals surface area contributed by atoms with Crippen LogP contribution in [-0.4, -0.2) is 62.0 Å². The van der Waals surface area contributed by atoms with Crippen LogP contribution in [0.3, 0.4) is 0 Å². The first-order chi connectivity index (χ1) is 13.5. The van der Waals surface area contributed by atoms with Crippen LogP contribution in [0.15, 0.2) is 18.2 Å². The van der Waals surface area contributed by atoms with Gasteiger partial charge in [-0.15, -0.1) is 0 Å². The molecule has 2 atom stereocenters. The first-order valence-electron chi connectivity index (χ1n) is 10.3. The highest BCUT2D eigenvalue weighted by molar-refractivity contribution is 5.84. The molecule has 3 rings (SSSR count). The van der Waals surface area contributed by atoms with E-state index in [1.165, 1.54) is 6.42 Å². The summed E-state index contributed by atoms with van der Waals surface area (Å²) in [5.41, 5.74) is 0.941. The Kier molecular flexibility index (Phi) is 6.47. The van der Waals surface area contributed by atoms with Crippen molar-refractivity contribution < 1.29 is 19.1 Å². The Hall–Kier alpha value is -2.24. The molecule has 2 amide bonds. The predicted molar refractivity (Wildman–Crippen MR) is 108 cm³/mol. The standard InChI is InChI=1S/C22H32N2O4/c1-15(2)21(25)24-13-18(17-12-16(27-3)8-9-20(17)28-4)19(14-24)22(26)23-10-6-5-7-11-23/h8-9,12,15,18-19H,5-7,10-11,13-14H2,1-4H3/t18-,19-/m0/s1. The summed E-state index contributed by atoms with van der Waals surface area (Å²) in [4.78, 5) is 29.9. The quantitative estimate of drug-likeness (QED) is 0.778. The fraction of sp³-hybridized carbons (Fsp3) is 0.636. The number of hydrogen-bond donors (Lipinski definition) is 0. The van der Waals surface area contributed by atoms with Gasteiger partial charge in [-0.3, -0.25) is 9.59 Å². The SMILES string of the molecule is COc1ccc(OC)c([C@@H]2CN(C(=O)C(C)C)C[C@@H]2C(=O)N2CCCCC2)c1. The number of amides is 2. The van der Waals surface area contributed by atoms with Gasteiger partial charge in [-0.2, -0.15) is 0 Å². The summed E-state index contributed by atoms with van der Waals surface area (Å²) in [5.74, 6) is 1.30. The molecule has 0 aromatic heterocycles. The number of benzene rings is 1. The molecular weight excluding hydrogens is 356 g/mol. The van der Waals surface area contributed by atoms with Gasteiger partial charge in [-0.05, 0) is 37.5 Å². The maximum absolute atomic E-state index is 13.4. The molecular formula is C22H32N2O4. The van der Waals surface area contributed by atoms with E-state index in [-0.39, 0.29) is 29.6 Å². The van der Waals surface area contributed by atoms with Crippen molar-refractivity contribution in [2.75, 3.05) is 40.4 Å². The van der Waals surface area contributed by atoms with Gasteiger partial charge in [-0.25, -0.2) is 0 Å². The van der Waals surface area contributed by atoms with Gasteiger partial charge in [0, 0.05) is 43.6 Å². The van der Waals surface area contributed by atoms with E-state index in [1.54, 1.807) is 14.2 Å². The van der Waals surface area contributed by atoms with Crippen LogP contribution in [0.2, 0.25) is 0 Å². The molecule has 0 radical (unpaired) electrons. The Bertz CT molecular complexity index is 712. The monoisotopic (exact) mass is 388 g/mol. The van der Waals surface area contributed by atoms with Crippen molar-refractivity contribution in [2.24, 2.45) is 11.8 Å². The third kappa shape index (κ3) is 4.10. The Balaban J connectivity index is 1.95. The number of likely N-dealkylation sites (tertiary alicyclic amines) is 2. The highest BCUT2D eigenvalue weighted by Crippen LogP contribution is 2.40. The second-order valence-electron chi connectivity index (χ2n) is 8.10. The summed E-state index contributed by atoms with van der Waals surface area (Å²) in [5, 5.41) is 0. The average molecular weight is 389 g/mol. The molecule has 6 nitrogen and oxygen atoms in total. The lowest BCUT2D eigenvalue weighted by atomic mass is 9.86. The normalized spacial score (nSPS) is 22.5. The van der Waals surface area contributed by atoms with Crippen molar-refractivity contribution in [3.63, 3.8) is 0 Å². The molecule has 2 aliphatic heterocycles. The average Bonchev–Trinajstić information content (AvgIpc) is 3.17. The molecule has 1 aromatic rings. The van der Waals surface area contributed by atoms with E-state index in [2.05, 4.69) is 0 Å². The summed E-state index contributed by atoms with van der Waals surface area (Å²) in [6, 6.07) is 5.68. The summed E-state index contributed by atoms with van der Waals surface area (Å²) >= 11 is 0. The van der Waals surface area contributed by atoms with Crippen molar-refractivity contribution in [3.05, 3.63) is 23.8 Å². The van der Waals surface area contributed by atoms with Gasteiger partial charge in [0.2, 0.25) is 11.8 Å². The van der Waals surface area contributed by atoms with E-state index < -0.39 is 0 Å². The Morgan fingerprint density at radius 1 is 1.00 bits per heavy atom. The summed E-state index contributed by atoms with van der Waals surface area (Å²) in [7, 11) is 3.27. The number of ether oxygens (including phenoxy) is 2. The van der Waals surface area contributed by atoms with E-state index in [0.717, 1.165) is 43.0 Å². The molecule has 2 heterocycles. The van der Waals surface area contributed by atoms with Gasteiger partial charge in [0.25, 0.3) is 0 Å². The molecule has 28 heavy (non-hydrogen) atoms. The molecule has 2 saturated heterocycles. The molecule has 2 fully saturated rings. The molecule has 0 N–H and O–H groups in total. The molecule has 6 heteroatoms. The zero-order valence-electron chi connectivity index (χ0n) is 17.4. The Morgan fingerprint density at radius 3 is 2.32 bits per heavy atom. The minimum atomic E-state index is -0.248. The molecule has 0 aliphatic carbocycles. The number of hydrogen-bond acceptors (Lipinski definition) is 4. The lowest BCUT2D eigenvalue weighted by molar-refractivity contribution is -0.137. The third-order valence-electron chi connectivity index (χ3n) is 5.95. The van der Waals surface area contributed by atoms with Crippen LogP contribution in [0.4, 0.5) is 0 Å². The van der Waals surface area contributed by atoms with Crippen LogP contribution in [0.1, 0.15) is 44.6 Å². The molecule has 0 unspecified atom stereocenters. The van der Waals surface area contributed by atoms with Gasteiger partial charge in [0.15, 0.2) is 0 Å². The van der Waals surface area contributed by atoms with Gasteiger partial charge < -0.3 is 19.3 Å². The van der Waals surface area contributed by atoms with Crippen molar-refractivity contribution in [1.82, 2.24) is 9.80 Å². The molecule has 0 spiro atoms. The van der Waals surface area contributed by atoms with Gasteiger partial charge >= 0.3 is 0 Å². The zero-order valence-corrected chi connectivity index (χ0v) is 17.4. The van der Waals surface area contributed by atoms with Crippen molar-refractivity contribution in [1.29, 1.82) is 0 Å². The molecule has 2 aliphatic rings. The maximum Gasteiger partial charge on any atom is 0.228 e. The lowest BCUT2D eigenvalue weighted by Gasteiger charge is -2.31. The van der Waals surface area contributed by atoms with E-state index >= 15 is 0 Å². The Morgan fingerprint density at radius 2 is 1.71 bits per heavy atom. The fourth-order valence-electron chi connectivity index (χ4n) is 4.39. The minimum absolute atomic E-state index is 0.0864. The van der Waals surface area contributed by atoms with Crippen LogP contribution < -0.4 is 9.47 Å². The van der Waals surface area contributed by atoms with Crippen molar-refractivity contribution >= 4 is 11.8 Å².